The number of aliphatic hydroxyl groups excluding tert-OH is 2. The maximum atomic E-state index is 13.8. The molecule has 1 aliphatic heterocycles. The van der Waals surface area contributed by atoms with E-state index in [-0.39, 0.29) is 57.3 Å². The standard InChI is InChI=1S/C37H55N3O5/c1-21-18-24(29(40(6)22(2)41)32(44)39-19-23-10-8-7-9-11-23)45-30-28(21)34(5)16-17-36-20-35(36)15-14-27(42)33(3,4)25(35)12-13-26(36)37(34,38)31(30)43/h7-11,21,24-31,42-43H,12-20,38H2,1-6H3,(H,39,44). The number of fused-ring (bicyclic) bond motifs is 4. The van der Waals surface area contributed by atoms with Crippen molar-refractivity contribution in [3.8, 4) is 0 Å². The summed E-state index contributed by atoms with van der Waals surface area (Å²) in [7, 11) is 1.67. The van der Waals surface area contributed by atoms with Crippen molar-refractivity contribution in [1.29, 1.82) is 0 Å². The maximum Gasteiger partial charge on any atom is 0.245 e. The number of carbonyl (C=O) groups excluding carboxylic acids is 2. The summed E-state index contributed by atoms with van der Waals surface area (Å²) < 4.78 is 6.88. The molecule has 13 unspecified atom stereocenters. The molecule has 5 saturated carbocycles. The molecule has 13 atom stereocenters. The van der Waals surface area contributed by atoms with E-state index in [1.807, 2.05) is 30.3 Å². The van der Waals surface area contributed by atoms with Gasteiger partial charge in [-0.1, -0.05) is 58.0 Å². The van der Waals surface area contributed by atoms with E-state index in [1.165, 1.54) is 11.8 Å². The van der Waals surface area contributed by atoms with Crippen molar-refractivity contribution in [2.45, 2.75) is 129 Å². The van der Waals surface area contributed by atoms with Crippen molar-refractivity contribution < 1.29 is 24.5 Å². The fourth-order valence-electron chi connectivity index (χ4n) is 12.8. The van der Waals surface area contributed by atoms with Crippen molar-refractivity contribution in [2.75, 3.05) is 7.05 Å². The van der Waals surface area contributed by atoms with Gasteiger partial charge in [-0.2, -0.15) is 0 Å². The fraction of sp³-hybridized carbons (Fsp3) is 0.784. The van der Waals surface area contributed by atoms with Gasteiger partial charge in [0.2, 0.25) is 11.8 Å². The summed E-state index contributed by atoms with van der Waals surface area (Å²) in [5.41, 5.74) is 7.83. The van der Waals surface area contributed by atoms with Crippen molar-refractivity contribution in [3.63, 3.8) is 0 Å². The lowest BCUT2D eigenvalue weighted by atomic mass is 9.43. The number of hydrogen-bond acceptors (Lipinski definition) is 6. The molecule has 8 nitrogen and oxygen atoms in total. The number of likely N-dealkylation sites (N-methyl/N-ethyl adjacent to an activating group) is 1. The van der Waals surface area contributed by atoms with Crippen molar-refractivity contribution >= 4 is 11.8 Å². The molecule has 1 saturated heterocycles. The lowest BCUT2D eigenvalue weighted by molar-refractivity contribution is -0.172. The van der Waals surface area contributed by atoms with Gasteiger partial charge >= 0.3 is 0 Å². The van der Waals surface area contributed by atoms with Crippen LogP contribution in [0.15, 0.2) is 30.3 Å². The third kappa shape index (κ3) is 4.04. The zero-order valence-corrected chi connectivity index (χ0v) is 28.1. The van der Waals surface area contributed by atoms with Crippen LogP contribution in [0, 0.1) is 45.3 Å². The van der Waals surface area contributed by atoms with Gasteiger partial charge in [-0.15, -0.1) is 0 Å². The van der Waals surface area contributed by atoms with Crippen molar-refractivity contribution in [3.05, 3.63) is 35.9 Å². The number of ether oxygens (including phenoxy) is 1. The molecule has 0 radical (unpaired) electrons. The number of hydrogen-bond donors (Lipinski definition) is 4. The zero-order chi connectivity index (χ0) is 32.3. The molecule has 5 aliphatic carbocycles. The minimum atomic E-state index is -0.855. The van der Waals surface area contributed by atoms with Gasteiger partial charge in [-0.3, -0.25) is 9.59 Å². The summed E-state index contributed by atoms with van der Waals surface area (Å²) in [4.78, 5) is 27.9. The topological polar surface area (TPSA) is 125 Å². The van der Waals surface area contributed by atoms with Crippen LogP contribution in [0.5, 0.6) is 0 Å². The van der Waals surface area contributed by atoms with Gasteiger partial charge in [0.15, 0.2) is 0 Å². The minimum absolute atomic E-state index is 0.0683. The molecule has 0 bridgehead atoms. The first-order chi connectivity index (χ1) is 21.2. The molecular weight excluding hydrogens is 566 g/mol. The Bertz CT molecular complexity index is 1350. The summed E-state index contributed by atoms with van der Waals surface area (Å²) in [6, 6.07) is 8.94. The molecule has 0 aromatic heterocycles. The average Bonchev–Trinajstić information content (AvgIpc) is 3.63. The van der Waals surface area contributed by atoms with Crippen molar-refractivity contribution in [1.82, 2.24) is 10.2 Å². The van der Waals surface area contributed by atoms with E-state index in [1.54, 1.807) is 7.05 Å². The van der Waals surface area contributed by atoms with E-state index in [0.717, 1.165) is 50.5 Å². The highest BCUT2D eigenvalue weighted by Crippen LogP contribution is 2.87. The highest BCUT2D eigenvalue weighted by molar-refractivity contribution is 5.87. The molecule has 8 heteroatoms. The van der Waals surface area contributed by atoms with Crippen LogP contribution < -0.4 is 11.1 Å². The predicted octanol–water partition coefficient (Wildman–Crippen LogP) is 4.02. The third-order valence-corrected chi connectivity index (χ3v) is 15.1. The number of amides is 2. The van der Waals surface area contributed by atoms with Crippen LogP contribution in [-0.2, 0) is 20.9 Å². The Balaban J connectivity index is 1.17. The van der Waals surface area contributed by atoms with Gasteiger partial charge in [-0.25, -0.2) is 0 Å². The average molecular weight is 622 g/mol. The number of rotatable bonds is 5. The molecule has 2 spiro atoms. The van der Waals surface area contributed by atoms with Gasteiger partial charge < -0.3 is 30.9 Å². The Morgan fingerprint density at radius 1 is 1.04 bits per heavy atom. The highest BCUT2D eigenvalue weighted by Gasteiger charge is 2.85. The quantitative estimate of drug-likeness (QED) is 0.394. The normalized spacial score (nSPS) is 48.0. The van der Waals surface area contributed by atoms with Gasteiger partial charge in [0.25, 0.3) is 0 Å². The Kier molecular flexibility index (Phi) is 7.19. The second kappa shape index (κ2) is 10.2. The van der Waals surface area contributed by atoms with Crippen LogP contribution in [0.4, 0.5) is 0 Å². The smallest absolute Gasteiger partial charge is 0.245 e. The molecule has 6 fully saturated rings. The summed E-state index contributed by atoms with van der Waals surface area (Å²) in [5.74, 6) is 0.463. The fourth-order valence-corrected chi connectivity index (χ4v) is 12.8. The molecule has 7 rings (SSSR count). The largest absolute Gasteiger partial charge is 0.393 e. The second-order valence-electron chi connectivity index (χ2n) is 17.0. The van der Waals surface area contributed by atoms with Crippen LogP contribution in [0.25, 0.3) is 0 Å². The van der Waals surface area contributed by atoms with Gasteiger partial charge in [0.1, 0.15) is 6.04 Å². The van der Waals surface area contributed by atoms with Crippen LogP contribution in [0.3, 0.4) is 0 Å². The summed E-state index contributed by atoms with van der Waals surface area (Å²) in [6.45, 7) is 10.9. The van der Waals surface area contributed by atoms with Crippen LogP contribution in [0.2, 0.25) is 0 Å². The Morgan fingerprint density at radius 2 is 1.71 bits per heavy atom. The molecular formula is C37H55N3O5. The highest BCUT2D eigenvalue weighted by atomic mass is 16.5. The molecule has 1 aromatic rings. The number of nitrogens with zero attached hydrogens (tertiary/aromatic N) is 1. The van der Waals surface area contributed by atoms with Crippen molar-refractivity contribution in [2.24, 2.45) is 51.1 Å². The number of aliphatic hydroxyl groups is 2. The predicted molar refractivity (Wildman–Crippen MR) is 171 cm³/mol. The first kappa shape index (κ1) is 31.6. The number of nitrogens with two attached hydrogens (primary N) is 1. The maximum absolute atomic E-state index is 13.8. The van der Waals surface area contributed by atoms with Crippen LogP contribution >= 0.6 is 0 Å². The van der Waals surface area contributed by atoms with E-state index in [9.17, 15) is 19.8 Å². The molecule has 6 aliphatic rings. The molecule has 45 heavy (non-hydrogen) atoms. The lowest BCUT2D eigenvalue weighted by Gasteiger charge is -2.63. The van der Waals surface area contributed by atoms with E-state index >= 15 is 0 Å². The second-order valence-corrected chi connectivity index (χ2v) is 17.0. The SMILES string of the molecule is CC(=O)N(C)C(C(=O)NCc1ccccc1)C1CC(C)C2C(O1)C(O)C1(N)C3CCC4C(C)(C)C(O)CCC45CC35CCC21C. The molecule has 5 N–H and O–H groups in total. The molecule has 2 amide bonds. The zero-order valence-electron chi connectivity index (χ0n) is 28.1. The molecule has 1 heterocycles. The summed E-state index contributed by atoms with van der Waals surface area (Å²) in [5, 5.41) is 26.5. The molecule has 248 valence electrons. The van der Waals surface area contributed by atoms with Gasteiger partial charge in [0, 0.05) is 20.5 Å². The van der Waals surface area contributed by atoms with Crippen LogP contribution in [0.1, 0.15) is 91.5 Å². The van der Waals surface area contributed by atoms with Gasteiger partial charge in [0.05, 0.1) is 30.0 Å². The summed E-state index contributed by atoms with van der Waals surface area (Å²) >= 11 is 0. The minimum Gasteiger partial charge on any atom is -0.393 e. The first-order valence-electron chi connectivity index (χ1n) is 17.5. The Labute approximate surface area is 268 Å². The Morgan fingerprint density at radius 3 is 2.40 bits per heavy atom. The molecule has 1 aromatic carbocycles. The number of carbonyl (C=O) groups is 2. The monoisotopic (exact) mass is 621 g/mol. The summed E-state index contributed by atoms with van der Waals surface area (Å²) in [6.07, 6.45) is 5.62. The van der Waals surface area contributed by atoms with E-state index in [0.29, 0.717) is 18.9 Å². The number of nitrogens with one attached hydrogen (secondary N) is 1. The van der Waals surface area contributed by atoms with Gasteiger partial charge in [-0.05, 0) is 102 Å². The number of benzene rings is 1. The first-order valence-corrected chi connectivity index (χ1v) is 17.5. The third-order valence-electron chi connectivity index (χ3n) is 15.1. The Hall–Kier alpha value is -2.00. The van der Waals surface area contributed by atoms with E-state index in [2.05, 4.69) is 33.0 Å². The lowest BCUT2D eigenvalue weighted by Crippen LogP contribution is -2.70. The van der Waals surface area contributed by atoms with E-state index < -0.39 is 29.9 Å². The van der Waals surface area contributed by atoms with Crippen LogP contribution in [-0.4, -0.2) is 70.0 Å². The van der Waals surface area contributed by atoms with E-state index in [4.69, 9.17) is 10.5 Å².